The van der Waals surface area contributed by atoms with Crippen LogP contribution in [0.2, 0.25) is 0 Å². The summed E-state index contributed by atoms with van der Waals surface area (Å²) in [5.74, 6) is 1.05. The highest BCUT2D eigenvalue weighted by Gasteiger charge is 2.18. The topological polar surface area (TPSA) is 39.9 Å². The van der Waals surface area contributed by atoms with Crippen molar-refractivity contribution in [3.8, 4) is 0 Å². The fourth-order valence-electron chi connectivity index (χ4n) is 1.71. The molecule has 13 heavy (non-hydrogen) atoms. The Labute approximate surface area is 77.9 Å². The lowest BCUT2D eigenvalue weighted by Gasteiger charge is -2.08. The van der Waals surface area contributed by atoms with Crippen molar-refractivity contribution in [2.45, 2.75) is 38.8 Å². The van der Waals surface area contributed by atoms with Crippen LogP contribution in [0.1, 0.15) is 25.6 Å². The summed E-state index contributed by atoms with van der Waals surface area (Å²) < 4.78 is 7.62. The molecule has 2 rings (SSSR count). The Morgan fingerprint density at radius 1 is 1.69 bits per heavy atom. The van der Waals surface area contributed by atoms with Gasteiger partial charge >= 0.3 is 0 Å². The first-order chi connectivity index (χ1) is 6.40. The van der Waals surface area contributed by atoms with E-state index >= 15 is 0 Å². The molecule has 2 heterocycles. The van der Waals surface area contributed by atoms with Gasteiger partial charge in [0.25, 0.3) is 0 Å². The predicted molar refractivity (Wildman–Crippen MR) is 48.4 cm³/mol. The molecule has 0 aliphatic carbocycles. The van der Waals surface area contributed by atoms with Gasteiger partial charge in [0, 0.05) is 19.6 Å². The summed E-state index contributed by atoms with van der Waals surface area (Å²) in [5, 5.41) is 7.98. The standard InChI is InChI=1S/C9H15N3O/c1-2-12-7-10-11-9(12)6-8-4-3-5-13-8/h7-8H,2-6H2,1H3. The van der Waals surface area contributed by atoms with Gasteiger partial charge in [0.05, 0.1) is 6.10 Å². The Kier molecular flexibility index (Phi) is 2.59. The summed E-state index contributed by atoms with van der Waals surface area (Å²) in [7, 11) is 0. The van der Waals surface area contributed by atoms with Crippen molar-refractivity contribution in [1.29, 1.82) is 0 Å². The normalized spacial score (nSPS) is 22.4. The molecule has 1 aliphatic heterocycles. The van der Waals surface area contributed by atoms with E-state index in [9.17, 15) is 0 Å². The van der Waals surface area contributed by atoms with E-state index in [0.717, 1.165) is 31.8 Å². The summed E-state index contributed by atoms with van der Waals surface area (Å²) in [6, 6.07) is 0. The quantitative estimate of drug-likeness (QED) is 0.699. The monoisotopic (exact) mass is 181 g/mol. The Balaban J connectivity index is 1.99. The number of ether oxygens (including phenoxy) is 1. The first kappa shape index (κ1) is 8.69. The molecular formula is C9H15N3O. The average molecular weight is 181 g/mol. The zero-order valence-corrected chi connectivity index (χ0v) is 7.94. The SMILES string of the molecule is CCn1cnnc1CC1CCCO1. The molecular weight excluding hydrogens is 166 g/mol. The fraction of sp³-hybridized carbons (Fsp3) is 0.778. The molecule has 1 aliphatic rings. The van der Waals surface area contributed by atoms with Crippen LogP contribution in [0.5, 0.6) is 0 Å². The van der Waals surface area contributed by atoms with E-state index < -0.39 is 0 Å². The Morgan fingerprint density at radius 2 is 2.62 bits per heavy atom. The van der Waals surface area contributed by atoms with E-state index in [1.54, 1.807) is 6.33 Å². The van der Waals surface area contributed by atoms with E-state index in [1.807, 2.05) is 0 Å². The molecule has 0 N–H and O–H groups in total. The van der Waals surface area contributed by atoms with Gasteiger partial charge in [0.15, 0.2) is 0 Å². The van der Waals surface area contributed by atoms with Gasteiger partial charge in [-0.3, -0.25) is 0 Å². The van der Waals surface area contributed by atoms with Crippen LogP contribution in [0.15, 0.2) is 6.33 Å². The number of rotatable bonds is 3. The summed E-state index contributed by atoms with van der Waals surface area (Å²) in [5.41, 5.74) is 0. The molecule has 0 bridgehead atoms. The molecule has 0 radical (unpaired) electrons. The minimum absolute atomic E-state index is 0.370. The van der Waals surface area contributed by atoms with Crippen molar-refractivity contribution in [2.75, 3.05) is 6.61 Å². The highest BCUT2D eigenvalue weighted by Crippen LogP contribution is 2.15. The van der Waals surface area contributed by atoms with Gasteiger partial charge in [0.1, 0.15) is 12.2 Å². The van der Waals surface area contributed by atoms with Crippen molar-refractivity contribution in [3.63, 3.8) is 0 Å². The zero-order chi connectivity index (χ0) is 9.10. The Morgan fingerprint density at radius 3 is 3.31 bits per heavy atom. The molecule has 0 spiro atoms. The summed E-state index contributed by atoms with van der Waals surface area (Å²) >= 11 is 0. The van der Waals surface area contributed by atoms with E-state index in [0.29, 0.717) is 6.10 Å². The van der Waals surface area contributed by atoms with E-state index in [-0.39, 0.29) is 0 Å². The third-order valence-electron chi connectivity index (χ3n) is 2.47. The van der Waals surface area contributed by atoms with Gasteiger partial charge in [0.2, 0.25) is 0 Å². The van der Waals surface area contributed by atoms with E-state index in [2.05, 4.69) is 21.7 Å². The highest BCUT2D eigenvalue weighted by atomic mass is 16.5. The van der Waals surface area contributed by atoms with Crippen LogP contribution in [0.25, 0.3) is 0 Å². The summed E-state index contributed by atoms with van der Waals surface area (Å²) in [6.07, 6.45) is 5.41. The molecule has 72 valence electrons. The summed E-state index contributed by atoms with van der Waals surface area (Å²) in [4.78, 5) is 0. The first-order valence-electron chi connectivity index (χ1n) is 4.88. The second-order valence-corrected chi connectivity index (χ2v) is 3.37. The molecule has 1 fully saturated rings. The molecule has 4 heteroatoms. The number of aromatic nitrogens is 3. The van der Waals surface area contributed by atoms with Crippen molar-refractivity contribution < 1.29 is 4.74 Å². The largest absolute Gasteiger partial charge is 0.378 e. The maximum absolute atomic E-state index is 5.54. The van der Waals surface area contributed by atoms with E-state index in [4.69, 9.17) is 4.74 Å². The van der Waals surface area contributed by atoms with Crippen molar-refractivity contribution in [1.82, 2.24) is 14.8 Å². The van der Waals surface area contributed by atoms with Crippen molar-refractivity contribution in [2.24, 2.45) is 0 Å². The molecule has 1 aromatic heterocycles. The molecule has 1 aromatic rings. The van der Waals surface area contributed by atoms with Crippen molar-refractivity contribution in [3.05, 3.63) is 12.2 Å². The maximum Gasteiger partial charge on any atom is 0.135 e. The summed E-state index contributed by atoms with van der Waals surface area (Å²) in [6.45, 7) is 3.95. The molecule has 1 unspecified atom stereocenters. The second-order valence-electron chi connectivity index (χ2n) is 3.37. The van der Waals surface area contributed by atoms with E-state index in [1.165, 1.54) is 6.42 Å². The van der Waals surface area contributed by atoms with Crippen LogP contribution in [-0.4, -0.2) is 27.5 Å². The highest BCUT2D eigenvalue weighted by molar-refractivity contribution is 4.89. The molecule has 0 aromatic carbocycles. The lowest BCUT2D eigenvalue weighted by atomic mass is 10.2. The van der Waals surface area contributed by atoms with Gasteiger partial charge in [-0.1, -0.05) is 0 Å². The number of hydrogen-bond acceptors (Lipinski definition) is 3. The molecule has 0 amide bonds. The second kappa shape index (κ2) is 3.87. The van der Waals surface area contributed by atoms with Gasteiger partial charge in [-0.25, -0.2) is 0 Å². The predicted octanol–water partition coefficient (Wildman–Crippen LogP) is 1.02. The first-order valence-corrected chi connectivity index (χ1v) is 4.88. The van der Waals surface area contributed by atoms with Crippen LogP contribution in [0.4, 0.5) is 0 Å². The van der Waals surface area contributed by atoms with Gasteiger partial charge in [-0.15, -0.1) is 10.2 Å². The zero-order valence-electron chi connectivity index (χ0n) is 7.94. The van der Waals surface area contributed by atoms with Crippen molar-refractivity contribution >= 4 is 0 Å². The number of aryl methyl sites for hydroxylation is 1. The Bertz CT molecular complexity index is 266. The molecule has 4 nitrogen and oxygen atoms in total. The lowest BCUT2D eigenvalue weighted by molar-refractivity contribution is 0.109. The third-order valence-corrected chi connectivity index (χ3v) is 2.47. The molecule has 0 saturated carbocycles. The molecule has 1 atom stereocenters. The van der Waals surface area contributed by atoms with Crippen LogP contribution in [0, 0.1) is 0 Å². The molecule has 1 saturated heterocycles. The van der Waals surface area contributed by atoms with Crippen LogP contribution in [0.3, 0.4) is 0 Å². The van der Waals surface area contributed by atoms with Gasteiger partial charge in [-0.2, -0.15) is 0 Å². The fourth-order valence-corrected chi connectivity index (χ4v) is 1.71. The Hall–Kier alpha value is -0.900. The average Bonchev–Trinajstić information content (AvgIpc) is 2.76. The number of nitrogens with zero attached hydrogens (tertiary/aromatic N) is 3. The third kappa shape index (κ3) is 1.88. The minimum atomic E-state index is 0.370. The van der Waals surface area contributed by atoms with Crippen LogP contribution >= 0.6 is 0 Å². The van der Waals surface area contributed by atoms with Crippen LogP contribution < -0.4 is 0 Å². The number of hydrogen-bond donors (Lipinski definition) is 0. The lowest BCUT2D eigenvalue weighted by Crippen LogP contribution is -2.13. The van der Waals surface area contributed by atoms with Crippen LogP contribution in [-0.2, 0) is 17.7 Å². The van der Waals surface area contributed by atoms with Gasteiger partial charge < -0.3 is 9.30 Å². The maximum atomic E-state index is 5.54. The minimum Gasteiger partial charge on any atom is -0.378 e. The van der Waals surface area contributed by atoms with Gasteiger partial charge in [-0.05, 0) is 19.8 Å². The smallest absolute Gasteiger partial charge is 0.135 e.